The van der Waals surface area contributed by atoms with Crippen molar-refractivity contribution in [2.45, 2.75) is 20.3 Å². The van der Waals surface area contributed by atoms with Crippen molar-refractivity contribution in [1.29, 1.82) is 0 Å². The van der Waals surface area contributed by atoms with Gasteiger partial charge in [-0.3, -0.25) is 9.59 Å². The molecule has 0 spiro atoms. The summed E-state index contributed by atoms with van der Waals surface area (Å²) in [6.07, 6.45) is 1.02. The summed E-state index contributed by atoms with van der Waals surface area (Å²) < 4.78 is 21.8. The predicted octanol–water partition coefficient (Wildman–Crippen LogP) is 3.12. The molecular weight excluding hydrogens is 557 g/mol. The first-order valence-corrected chi connectivity index (χ1v) is 11.4. The average molecular weight is 583 g/mol. The van der Waals surface area contributed by atoms with Crippen LogP contribution in [0.4, 0.5) is 5.69 Å². The molecule has 10 nitrogen and oxygen atoms in total. The summed E-state index contributed by atoms with van der Waals surface area (Å²) in [7, 11) is 1.55. The number of rotatable bonds is 12. The van der Waals surface area contributed by atoms with Crippen molar-refractivity contribution in [3.8, 4) is 17.2 Å². The molecular formula is C23H26IN3O7. The number of benzene rings is 2. The number of carbonyl (C=O) groups excluding carboxylic acids is 3. The second kappa shape index (κ2) is 14.0. The summed E-state index contributed by atoms with van der Waals surface area (Å²) in [5.74, 6) is -0.0429. The molecule has 2 aromatic rings. The van der Waals surface area contributed by atoms with Crippen LogP contribution in [-0.4, -0.2) is 50.9 Å². The number of hydrazone groups is 1. The van der Waals surface area contributed by atoms with Gasteiger partial charge in [0.25, 0.3) is 0 Å². The number of esters is 1. The molecule has 0 aliphatic rings. The molecule has 2 rings (SSSR count). The molecule has 0 aliphatic carbocycles. The topological polar surface area (TPSA) is 125 Å². The smallest absolute Gasteiger partial charge is 0.344 e. The van der Waals surface area contributed by atoms with Crippen LogP contribution in [0.25, 0.3) is 0 Å². The predicted molar refractivity (Wildman–Crippen MR) is 134 cm³/mol. The monoisotopic (exact) mass is 583 g/mol. The van der Waals surface area contributed by atoms with Crippen molar-refractivity contribution in [3.63, 3.8) is 0 Å². The molecule has 0 bridgehead atoms. The molecule has 0 radical (unpaired) electrons. The quantitative estimate of drug-likeness (QED) is 0.129. The maximum Gasteiger partial charge on any atom is 0.344 e. The Morgan fingerprint density at radius 2 is 1.76 bits per heavy atom. The number of nitrogens with one attached hydrogen (secondary N) is 2. The Morgan fingerprint density at radius 1 is 1.03 bits per heavy atom. The Kier molecular flexibility index (Phi) is 11.1. The first-order valence-electron chi connectivity index (χ1n) is 10.4. The summed E-state index contributed by atoms with van der Waals surface area (Å²) in [5, 5.41) is 6.52. The lowest BCUT2D eigenvalue weighted by molar-refractivity contribution is -0.145. The van der Waals surface area contributed by atoms with Crippen LogP contribution in [0.3, 0.4) is 0 Å². The van der Waals surface area contributed by atoms with E-state index in [1.54, 1.807) is 50.4 Å². The van der Waals surface area contributed by atoms with Gasteiger partial charge in [-0.25, -0.2) is 10.2 Å². The number of ether oxygens (including phenoxy) is 4. The maximum absolute atomic E-state index is 12.0. The first kappa shape index (κ1) is 26.9. The van der Waals surface area contributed by atoms with Crippen molar-refractivity contribution >= 4 is 52.3 Å². The van der Waals surface area contributed by atoms with Crippen LogP contribution in [0.2, 0.25) is 0 Å². The van der Waals surface area contributed by atoms with E-state index < -0.39 is 24.2 Å². The molecule has 0 aliphatic heterocycles. The molecule has 2 aromatic carbocycles. The molecule has 0 aromatic heterocycles. The molecule has 11 heteroatoms. The zero-order valence-electron chi connectivity index (χ0n) is 19.1. The van der Waals surface area contributed by atoms with Crippen molar-refractivity contribution in [1.82, 2.24) is 5.43 Å². The Labute approximate surface area is 211 Å². The number of hydrogen-bond donors (Lipinski definition) is 2. The van der Waals surface area contributed by atoms with Gasteiger partial charge in [0.1, 0.15) is 12.2 Å². The molecule has 0 atom stereocenters. The Hall–Kier alpha value is -3.35. The van der Waals surface area contributed by atoms with Crippen LogP contribution in [-0.2, 0) is 19.1 Å². The third-order valence-electron chi connectivity index (χ3n) is 4.07. The molecule has 0 saturated carbocycles. The van der Waals surface area contributed by atoms with Gasteiger partial charge in [0.15, 0.2) is 18.1 Å². The summed E-state index contributed by atoms with van der Waals surface area (Å²) in [4.78, 5) is 35.7. The highest BCUT2D eigenvalue weighted by Crippen LogP contribution is 2.34. The number of hydrogen-bond acceptors (Lipinski definition) is 8. The minimum absolute atomic E-state index is 0.244. The van der Waals surface area contributed by atoms with E-state index in [-0.39, 0.29) is 13.2 Å². The minimum atomic E-state index is -0.573. The van der Waals surface area contributed by atoms with Crippen LogP contribution in [0.5, 0.6) is 17.2 Å². The van der Waals surface area contributed by atoms with Gasteiger partial charge in [-0.05, 0) is 78.4 Å². The highest BCUT2D eigenvalue weighted by atomic mass is 127. The van der Waals surface area contributed by atoms with E-state index in [1.165, 1.54) is 6.21 Å². The van der Waals surface area contributed by atoms with E-state index in [9.17, 15) is 14.4 Å². The fraction of sp³-hybridized carbons (Fsp3) is 0.304. The number of carbonyl (C=O) groups is 3. The number of amides is 2. The normalized spacial score (nSPS) is 10.5. The molecule has 182 valence electrons. The zero-order valence-corrected chi connectivity index (χ0v) is 21.2. The van der Waals surface area contributed by atoms with Gasteiger partial charge >= 0.3 is 5.97 Å². The van der Waals surface area contributed by atoms with E-state index >= 15 is 0 Å². The average Bonchev–Trinajstić information content (AvgIpc) is 2.79. The lowest BCUT2D eigenvalue weighted by Gasteiger charge is -2.14. The summed E-state index contributed by atoms with van der Waals surface area (Å²) in [5.41, 5.74) is 3.49. The minimum Gasteiger partial charge on any atom is -0.497 e. The third-order valence-corrected chi connectivity index (χ3v) is 4.87. The number of methoxy groups -OCH3 is 1. The third kappa shape index (κ3) is 8.89. The van der Waals surface area contributed by atoms with E-state index in [1.807, 2.05) is 29.5 Å². The summed E-state index contributed by atoms with van der Waals surface area (Å²) >= 11 is 2.05. The van der Waals surface area contributed by atoms with E-state index in [0.29, 0.717) is 38.7 Å². The van der Waals surface area contributed by atoms with Gasteiger partial charge in [-0.1, -0.05) is 0 Å². The fourth-order valence-electron chi connectivity index (χ4n) is 2.64. The zero-order chi connectivity index (χ0) is 24.9. The van der Waals surface area contributed by atoms with Gasteiger partial charge in [-0.2, -0.15) is 5.10 Å². The molecule has 0 fully saturated rings. The Morgan fingerprint density at radius 3 is 2.41 bits per heavy atom. The van der Waals surface area contributed by atoms with Crippen LogP contribution >= 0.6 is 22.6 Å². The summed E-state index contributed by atoms with van der Waals surface area (Å²) in [6, 6.07) is 10.2. The number of nitrogens with zero attached hydrogens (tertiary/aromatic N) is 1. The van der Waals surface area contributed by atoms with Gasteiger partial charge in [0, 0.05) is 5.69 Å². The van der Waals surface area contributed by atoms with Crippen molar-refractivity contribution in [3.05, 3.63) is 45.5 Å². The molecule has 34 heavy (non-hydrogen) atoms. The van der Waals surface area contributed by atoms with E-state index in [2.05, 4.69) is 15.8 Å². The van der Waals surface area contributed by atoms with E-state index in [0.717, 1.165) is 0 Å². The maximum atomic E-state index is 12.0. The Bertz CT molecular complexity index is 1030. The van der Waals surface area contributed by atoms with Crippen LogP contribution in [0.1, 0.15) is 25.8 Å². The largest absolute Gasteiger partial charge is 0.497 e. The SMILES string of the molecule is CCOC(=O)COc1c(I)cc(C=NNC(=O)CC(=O)Nc2ccc(OC)cc2)cc1OCC. The lowest BCUT2D eigenvalue weighted by Crippen LogP contribution is -2.24. The lowest BCUT2D eigenvalue weighted by atomic mass is 10.2. The molecule has 2 amide bonds. The van der Waals surface area contributed by atoms with Crippen molar-refractivity contribution in [2.24, 2.45) is 5.10 Å². The number of anilines is 1. The highest BCUT2D eigenvalue weighted by molar-refractivity contribution is 14.1. The van der Waals surface area contributed by atoms with Crippen LogP contribution in [0.15, 0.2) is 41.5 Å². The fourth-order valence-corrected chi connectivity index (χ4v) is 3.42. The summed E-state index contributed by atoms with van der Waals surface area (Å²) in [6.45, 7) is 3.94. The molecule has 2 N–H and O–H groups in total. The molecule has 0 heterocycles. The number of halogens is 1. The standard InChI is InChI=1S/C23H26IN3O7/c1-4-32-19-11-15(10-18(24)23(19)34-14-22(30)33-5-2)13-25-27-21(29)12-20(28)26-16-6-8-17(31-3)9-7-16/h6-11,13H,4-5,12,14H2,1-3H3,(H,26,28)(H,27,29). The van der Waals surface area contributed by atoms with Crippen molar-refractivity contribution in [2.75, 3.05) is 32.2 Å². The van der Waals surface area contributed by atoms with Gasteiger partial charge in [0.2, 0.25) is 11.8 Å². The van der Waals surface area contributed by atoms with Crippen molar-refractivity contribution < 1.29 is 33.3 Å². The highest BCUT2D eigenvalue weighted by Gasteiger charge is 2.14. The molecule has 0 saturated heterocycles. The second-order valence-electron chi connectivity index (χ2n) is 6.60. The Balaban J connectivity index is 1.94. The van der Waals surface area contributed by atoms with E-state index in [4.69, 9.17) is 18.9 Å². The first-order chi connectivity index (χ1) is 16.4. The molecule has 0 unspecified atom stereocenters. The van der Waals surface area contributed by atoms with Gasteiger partial charge in [-0.15, -0.1) is 0 Å². The van der Waals surface area contributed by atoms with Crippen LogP contribution < -0.4 is 25.0 Å². The second-order valence-corrected chi connectivity index (χ2v) is 7.77. The van der Waals surface area contributed by atoms with Gasteiger partial charge in [0.05, 0.1) is 30.1 Å². The van der Waals surface area contributed by atoms with Crippen LogP contribution in [0, 0.1) is 3.57 Å². The van der Waals surface area contributed by atoms with Gasteiger partial charge < -0.3 is 24.3 Å².